The zero-order valence-electron chi connectivity index (χ0n) is 14.4. The molecule has 2 fully saturated rings. The molecule has 0 bridgehead atoms. The molecule has 1 aromatic carbocycles. The molecule has 26 heavy (non-hydrogen) atoms. The molecule has 9 heteroatoms. The lowest BCUT2D eigenvalue weighted by Gasteiger charge is -2.34. The number of anilines is 1. The number of imide groups is 1. The van der Waals surface area contributed by atoms with Crippen molar-refractivity contribution < 1.29 is 23.9 Å². The van der Waals surface area contributed by atoms with Crippen molar-refractivity contribution in [3.8, 4) is 5.75 Å². The molecule has 0 spiro atoms. The molecule has 1 aromatic rings. The van der Waals surface area contributed by atoms with E-state index in [-0.39, 0.29) is 31.2 Å². The summed E-state index contributed by atoms with van der Waals surface area (Å²) in [6.07, 6.45) is 0.303. The highest BCUT2D eigenvalue weighted by atomic mass is 16.5. The number of amides is 5. The molecule has 5 amide bonds. The number of carbonyl (C=O) groups is 4. The van der Waals surface area contributed by atoms with Gasteiger partial charge in [0.05, 0.1) is 7.11 Å². The lowest BCUT2D eigenvalue weighted by molar-refractivity contribution is -0.137. The molecule has 9 nitrogen and oxygen atoms in total. The number of ether oxygens (including phenoxy) is 1. The number of rotatable bonds is 5. The molecule has 0 aromatic heterocycles. The average molecular weight is 360 g/mol. The van der Waals surface area contributed by atoms with Gasteiger partial charge < -0.3 is 19.9 Å². The fourth-order valence-corrected chi connectivity index (χ4v) is 3.01. The van der Waals surface area contributed by atoms with Gasteiger partial charge >= 0.3 is 6.03 Å². The normalized spacial score (nSPS) is 20.0. The van der Waals surface area contributed by atoms with Crippen LogP contribution in [0.4, 0.5) is 10.5 Å². The second-order valence-corrected chi connectivity index (χ2v) is 6.11. The molecule has 2 saturated heterocycles. The van der Waals surface area contributed by atoms with Gasteiger partial charge in [0, 0.05) is 25.2 Å². The van der Waals surface area contributed by atoms with Gasteiger partial charge in [0.2, 0.25) is 11.8 Å². The number of benzene rings is 1. The number of nitrogens with zero attached hydrogens (tertiary/aromatic N) is 2. The Kier molecular flexibility index (Phi) is 5.06. The first kappa shape index (κ1) is 17.7. The van der Waals surface area contributed by atoms with Gasteiger partial charge in [-0.15, -0.1) is 0 Å². The van der Waals surface area contributed by atoms with E-state index in [1.165, 1.54) is 4.90 Å². The maximum absolute atomic E-state index is 12.4. The molecule has 3 rings (SSSR count). The number of urea groups is 1. The van der Waals surface area contributed by atoms with E-state index in [4.69, 9.17) is 4.74 Å². The van der Waals surface area contributed by atoms with Crippen molar-refractivity contribution in [1.82, 2.24) is 15.5 Å². The molecule has 0 aliphatic carbocycles. The van der Waals surface area contributed by atoms with Gasteiger partial charge in [-0.3, -0.25) is 19.7 Å². The number of methoxy groups -OCH3 is 1. The minimum atomic E-state index is -0.692. The van der Waals surface area contributed by atoms with E-state index < -0.39 is 18.0 Å². The first-order chi connectivity index (χ1) is 12.5. The first-order valence-corrected chi connectivity index (χ1v) is 8.31. The quantitative estimate of drug-likeness (QED) is 0.711. The van der Waals surface area contributed by atoms with E-state index in [2.05, 4.69) is 10.6 Å². The number of carbonyl (C=O) groups excluding carboxylic acids is 4. The number of piperazine rings is 1. The Morgan fingerprint density at radius 1 is 1.19 bits per heavy atom. The molecule has 1 unspecified atom stereocenters. The van der Waals surface area contributed by atoms with Crippen LogP contribution in [-0.2, 0) is 14.4 Å². The van der Waals surface area contributed by atoms with Crippen LogP contribution < -0.4 is 20.3 Å². The summed E-state index contributed by atoms with van der Waals surface area (Å²) in [4.78, 5) is 50.4. The summed E-state index contributed by atoms with van der Waals surface area (Å²) >= 11 is 0. The summed E-state index contributed by atoms with van der Waals surface area (Å²) in [5.41, 5.74) is 0.758. The van der Waals surface area contributed by atoms with Crippen LogP contribution in [0.15, 0.2) is 24.3 Å². The standard InChI is InChI=1S/C17H20N4O5/c1-26-12-4-2-11(3-5-12)21-9-8-20(10-15(21)23)14(22)7-6-13-16(24)19-17(25)18-13/h2-5,13H,6-10H2,1H3,(H2,18,19,24,25). The summed E-state index contributed by atoms with van der Waals surface area (Å²) < 4.78 is 5.10. The molecular weight excluding hydrogens is 340 g/mol. The number of nitrogens with one attached hydrogen (secondary N) is 2. The summed E-state index contributed by atoms with van der Waals surface area (Å²) in [6.45, 7) is 0.811. The summed E-state index contributed by atoms with van der Waals surface area (Å²) in [7, 11) is 1.57. The van der Waals surface area contributed by atoms with Crippen LogP contribution in [0.3, 0.4) is 0 Å². The minimum absolute atomic E-state index is 0.00587. The maximum Gasteiger partial charge on any atom is 0.322 e. The van der Waals surface area contributed by atoms with Crippen molar-refractivity contribution in [3.05, 3.63) is 24.3 Å². The molecule has 0 radical (unpaired) electrons. The van der Waals surface area contributed by atoms with Gasteiger partial charge in [0.1, 0.15) is 18.3 Å². The molecule has 2 N–H and O–H groups in total. The highest BCUT2D eigenvalue weighted by Crippen LogP contribution is 2.21. The largest absolute Gasteiger partial charge is 0.497 e. The first-order valence-electron chi connectivity index (χ1n) is 8.31. The van der Waals surface area contributed by atoms with Crippen LogP contribution in [0.5, 0.6) is 5.75 Å². The second kappa shape index (κ2) is 7.42. The topological polar surface area (TPSA) is 108 Å². The van der Waals surface area contributed by atoms with Crippen LogP contribution in [0.2, 0.25) is 0 Å². The number of hydrogen-bond acceptors (Lipinski definition) is 5. The van der Waals surface area contributed by atoms with Crippen molar-refractivity contribution in [2.75, 3.05) is 31.6 Å². The van der Waals surface area contributed by atoms with E-state index >= 15 is 0 Å². The molecule has 2 aliphatic heterocycles. The van der Waals surface area contributed by atoms with Crippen LogP contribution in [0, 0.1) is 0 Å². The molecule has 2 aliphatic rings. The Hall–Kier alpha value is -3.10. The van der Waals surface area contributed by atoms with Gasteiger partial charge in [0.25, 0.3) is 5.91 Å². The van der Waals surface area contributed by atoms with Gasteiger partial charge in [0.15, 0.2) is 0 Å². The average Bonchev–Trinajstić information content (AvgIpc) is 2.97. The Bertz CT molecular complexity index is 733. The zero-order chi connectivity index (χ0) is 18.7. The third-order valence-corrected chi connectivity index (χ3v) is 4.46. The summed E-state index contributed by atoms with van der Waals surface area (Å²) in [6, 6.07) is 5.92. The molecule has 138 valence electrons. The lowest BCUT2D eigenvalue weighted by atomic mass is 10.1. The monoisotopic (exact) mass is 360 g/mol. The third kappa shape index (κ3) is 3.76. The van der Waals surface area contributed by atoms with Gasteiger partial charge in [-0.1, -0.05) is 0 Å². The van der Waals surface area contributed by atoms with Crippen LogP contribution >= 0.6 is 0 Å². The van der Waals surface area contributed by atoms with Gasteiger partial charge in [-0.25, -0.2) is 4.79 Å². The fraction of sp³-hybridized carbons (Fsp3) is 0.412. The van der Waals surface area contributed by atoms with Gasteiger partial charge in [-0.2, -0.15) is 0 Å². The Labute approximate surface area is 150 Å². The zero-order valence-corrected chi connectivity index (χ0v) is 14.4. The fourth-order valence-electron chi connectivity index (χ4n) is 3.01. The number of hydrogen-bond donors (Lipinski definition) is 2. The predicted molar refractivity (Wildman–Crippen MR) is 91.6 cm³/mol. The summed E-state index contributed by atoms with van der Waals surface area (Å²) in [5, 5.41) is 4.58. The Morgan fingerprint density at radius 2 is 1.92 bits per heavy atom. The van der Waals surface area contributed by atoms with E-state index in [1.807, 2.05) is 0 Å². The van der Waals surface area contributed by atoms with Crippen molar-refractivity contribution in [2.45, 2.75) is 18.9 Å². The van der Waals surface area contributed by atoms with Crippen LogP contribution in [-0.4, -0.2) is 61.4 Å². The van der Waals surface area contributed by atoms with Gasteiger partial charge in [-0.05, 0) is 30.7 Å². The SMILES string of the molecule is COc1ccc(N2CCN(C(=O)CCC3NC(=O)NC3=O)CC2=O)cc1. The van der Waals surface area contributed by atoms with Crippen molar-refractivity contribution in [1.29, 1.82) is 0 Å². The van der Waals surface area contributed by atoms with E-state index in [0.717, 1.165) is 5.69 Å². The van der Waals surface area contributed by atoms with Crippen molar-refractivity contribution in [2.24, 2.45) is 0 Å². The Balaban J connectivity index is 1.52. The molecular formula is C17H20N4O5. The van der Waals surface area contributed by atoms with E-state index in [1.54, 1.807) is 36.3 Å². The lowest BCUT2D eigenvalue weighted by Crippen LogP contribution is -2.52. The molecule has 1 atom stereocenters. The highest BCUT2D eigenvalue weighted by Gasteiger charge is 2.32. The molecule has 2 heterocycles. The van der Waals surface area contributed by atoms with E-state index in [0.29, 0.717) is 18.8 Å². The van der Waals surface area contributed by atoms with Crippen molar-refractivity contribution in [3.63, 3.8) is 0 Å². The van der Waals surface area contributed by atoms with E-state index in [9.17, 15) is 19.2 Å². The van der Waals surface area contributed by atoms with Crippen LogP contribution in [0.25, 0.3) is 0 Å². The highest BCUT2D eigenvalue weighted by molar-refractivity contribution is 6.04. The minimum Gasteiger partial charge on any atom is -0.497 e. The maximum atomic E-state index is 12.4. The molecule has 0 saturated carbocycles. The predicted octanol–water partition coefficient (Wildman–Crippen LogP) is -0.141. The third-order valence-electron chi connectivity index (χ3n) is 4.46. The second-order valence-electron chi connectivity index (χ2n) is 6.11. The smallest absolute Gasteiger partial charge is 0.322 e. The summed E-state index contributed by atoms with van der Waals surface area (Å²) in [5.74, 6) is -0.0930. The Morgan fingerprint density at radius 3 is 2.50 bits per heavy atom. The van der Waals surface area contributed by atoms with Crippen LogP contribution in [0.1, 0.15) is 12.8 Å². The van der Waals surface area contributed by atoms with Crippen molar-refractivity contribution >= 4 is 29.4 Å².